The van der Waals surface area contributed by atoms with E-state index in [0.717, 1.165) is 0 Å². The molecule has 0 atom stereocenters. The molecule has 0 bridgehead atoms. The molecule has 2 amide bonds. The molecule has 10 heteroatoms. The lowest BCUT2D eigenvalue weighted by atomic mass is 10.2. The second-order valence-electron chi connectivity index (χ2n) is 7.52. The molecule has 0 spiro atoms. The summed E-state index contributed by atoms with van der Waals surface area (Å²) in [5, 5.41) is 5.80. The number of rotatable bonds is 11. The highest BCUT2D eigenvalue weighted by atomic mass is 79.9. The van der Waals surface area contributed by atoms with Crippen LogP contribution in [0.5, 0.6) is 17.2 Å². The third kappa shape index (κ3) is 8.58. The largest absolute Gasteiger partial charge is 0.493 e. The van der Waals surface area contributed by atoms with Crippen LogP contribution in [0, 0.1) is 0 Å². The number of anilines is 2. The fourth-order valence-corrected chi connectivity index (χ4v) is 3.47. The Morgan fingerprint density at radius 3 is 2.22 bits per heavy atom. The molecule has 0 unspecified atom stereocenters. The van der Waals surface area contributed by atoms with Gasteiger partial charge in [0, 0.05) is 28.7 Å². The maximum atomic E-state index is 12.2. The molecule has 3 aromatic carbocycles. The summed E-state index contributed by atoms with van der Waals surface area (Å²) < 4.78 is 16.7. The number of ether oxygens (including phenoxy) is 3. The highest BCUT2D eigenvalue weighted by molar-refractivity contribution is 9.10. The average Bonchev–Trinajstić information content (AvgIpc) is 2.86. The lowest BCUT2D eigenvalue weighted by molar-refractivity contribution is -0.147. The predicted molar refractivity (Wildman–Crippen MR) is 141 cm³/mol. The van der Waals surface area contributed by atoms with Crippen LogP contribution in [0.3, 0.4) is 0 Å². The molecule has 36 heavy (non-hydrogen) atoms. The molecule has 0 heterocycles. The van der Waals surface area contributed by atoms with E-state index in [1.807, 2.05) is 12.1 Å². The van der Waals surface area contributed by atoms with E-state index < -0.39 is 18.5 Å². The van der Waals surface area contributed by atoms with E-state index in [2.05, 4.69) is 26.6 Å². The van der Waals surface area contributed by atoms with Gasteiger partial charge < -0.3 is 24.8 Å². The van der Waals surface area contributed by atoms with Gasteiger partial charge in [0.2, 0.25) is 5.91 Å². The van der Waals surface area contributed by atoms with E-state index in [9.17, 15) is 14.4 Å². The third-order valence-corrected chi connectivity index (χ3v) is 6.02. The number of para-hydroxylation sites is 2. The van der Waals surface area contributed by atoms with E-state index >= 15 is 0 Å². The van der Waals surface area contributed by atoms with Gasteiger partial charge in [0.05, 0.1) is 12.1 Å². The zero-order valence-electron chi connectivity index (χ0n) is 19.4. The predicted octanol–water partition coefficient (Wildman–Crippen LogP) is 6.19. The number of carbonyl (C=O) groups is 3. The van der Waals surface area contributed by atoms with E-state index in [1.165, 1.54) is 0 Å². The van der Waals surface area contributed by atoms with Crippen molar-refractivity contribution in [1.29, 1.82) is 0 Å². The van der Waals surface area contributed by atoms with Crippen molar-refractivity contribution in [2.75, 3.05) is 24.4 Å². The topological polar surface area (TPSA) is 103 Å². The zero-order valence-corrected chi connectivity index (χ0v) is 21.7. The standard InChI is InChI=1S/C26H24BrClN2O6/c1-34-22-5-2-3-6-23(22)36-19-12-9-17(10-13-19)29-24(31)7-4-8-26(33)35-16-25(32)30-18-11-14-20(27)21(28)15-18/h2-3,5-6,9-15H,4,7-8,16H2,1H3,(H,29,31)(H,30,32). The first-order valence-corrected chi connectivity index (χ1v) is 12.1. The highest BCUT2D eigenvalue weighted by Crippen LogP contribution is 2.31. The van der Waals surface area contributed by atoms with Gasteiger partial charge in [-0.2, -0.15) is 0 Å². The first-order valence-electron chi connectivity index (χ1n) is 11.0. The quantitative estimate of drug-likeness (QED) is 0.264. The fraction of sp³-hybridized carbons (Fsp3) is 0.192. The van der Waals surface area contributed by atoms with Gasteiger partial charge >= 0.3 is 5.97 Å². The van der Waals surface area contributed by atoms with Crippen LogP contribution in [0.15, 0.2) is 71.2 Å². The average molecular weight is 576 g/mol. The van der Waals surface area contributed by atoms with Crippen LogP contribution >= 0.6 is 27.5 Å². The lowest BCUT2D eigenvalue weighted by Crippen LogP contribution is -2.21. The number of amides is 2. The molecule has 0 aliphatic carbocycles. The second-order valence-corrected chi connectivity index (χ2v) is 8.78. The number of carbonyl (C=O) groups excluding carboxylic acids is 3. The molecular weight excluding hydrogens is 552 g/mol. The van der Waals surface area contributed by atoms with Gasteiger partial charge in [-0.3, -0.25) is 14.4 Å². The van der Waals surface area contributed by atoms with Crippen LogP contribution in [-0.2, 0) is 19.1 Å². The smallest absolute Gasteiger partial charge is 0.306 e. The molecule has 3 rings (SSSR count). The summed E-state index contributed by atoms with van der Waals surface area (Å²) in [5.41, 5.74) is 1.08. The van der Waals surface area contributed by atoms with Gasteiger partial charge in [-0.1, -0.05) is 23.7 Å². The number of esters is 1. The molecule has 0 saturated heterocycles. The lowest BCUT2D eigenvalue weighted by Gasteiger charge is -2.11. The summed E-state index contributed by atoms with van der Waals surface area (Å²) >= 11 is 9.24. The van der Waals surface area contributed by atoms with Gasteiger partial charge in [-0.05, 0) is 76.9 Å². The van der Waals surface area contributed by atoms with Crippen LogP contribution in [0.2, 0.25) is 5.02 Å². The molecule has 0 saturated carbocycles. The summed E-state index contributed by atoms with van der Waals surface area (Å²) in [5.74, 6) is 0.489. The van der Waals surface area contributed by atoms with Gasteiger partial charge in [0.25, 0.3) is 5.91 Å². The maximum absolute atomic E-state index is 12.2. The molecule has 0 aliphatic heterocycles. The van der Waals surface area contributed by atoms with Gasteiger partial charge in [0.1, 0.15) is 5.75 Å². The van der Waals surface area contributed by atoms with Crippen LogP contribution in [-0.4, -0.2) is 31.5 Å². The van der Waals surface area contributed by atoms with Crippen molar-refractivity contribution in [3.8, 4) is 17.2 Å². The molecule has 188 valence electrons. The Balaban J connectivity index is 1.34. The Bertz CT molecular complexity index is 1220. The van der Waals surface area contributed by atoms with Crippen LogP contribution in [0.1, 0.15) is 19.3 Å². The minimum absolute atomic E-state index is 0.0104. The molecule has 0 aromatic heterocycles. The monoisotopic (exact) mass is 574 g/mol. The van der Waals surface area contributed by atoms with Gasteiger partial charge in [-0.15, -0.1) is 0 Å². The van der Waals surface area contributed by atoms with Crippen molar-refractivity contribution in [1.82, 2.24) is 0 Å². The Hall–Kier alpha value is -3.56. The first kappa shape index (κ1) is 27.0. The Labute approximate surface area is 222 Å². The van der Waals surface area contributed by atoms with Crippen molar-refractivity contribution < 1.29 is 28.6 Å². The Morgan fingerprint density at radius 2 is 1.53 bits per heavy atom. The van der Waals surface area contributed by atoms with Crippen molar-refractivity contribution in [3.05, 3.63) is 76.2 Å². The number of hydrogen-bond acceptors (Lipinski definition) is 6. The van der Waals surface area contributed by atoms with Crippen molar-refractivity contribution in [2.24, 2.45) is 0 Å². The Kier molecular flexibility index (Phi) is 10.1. The number of methoxy groups -OCH3 is 1. The molecule has 3 aromatic rings. The van der Waals surface area contributed by atoms with Gasteiger partial charge in [-0.25, -0.2) is 0 Å². The second kappa shape index (κ2) is 13.5. The highest BCUT2D eigenvalue weighted by Gasteiger charge is 2.11. The van der Waals surface area contributed by atoms with Crippen molar-refractivity contribution in [2.45, 2.75) is 19.3 Å². The fourth-order valence-electron chi connectivity index (χ4n) is 3.04. The van der Waals surface area contributed by atoms with E-state index in [4.69, 9.17) is 25.8 Å². The van der Waals surface area contributed by atoms with Gasteiger partial charge in [0.15, 0.2) is 18.1 Å². The first-order chi connectivity index (χ1) is 17.3. The SMILES string of the molecule is COc1ccccc1Oc1ccc(NC(=O)CCCC(=O)OCC(=O)Nc2ccc(Br)c(Cl)c2)cc1. The maximum Gasteiger partial charge on any atom is 0.306 e. The number of hydrogen-bond donors (Lipinski definition) is 2. The number of benzene rings is 3. The van der Waals surface area contributed by atoms with Crippen molar-refractivity contribution in [3.63, 3.8) is 0 Å². The molecular formula is C26H24BrClN2O6. The Morgan fingerprint density at radius 1 is 0.861 bits per heavy atom. The van der Waals surface area contributed by atoms with E-state index in [1.54, 1.807) is 61.7 Å². The van der Waals surface area contributed by atoms with E-state index in [0.29, 0.717) is 38.1 Å². The summed E-state index contributed by atoms with van der Waals surface area (Å²) in [6.07, 6.45) is 0.415. The summed E-state index contributed by atoms with van der Waals surface area (Å²) in [4.78, 5) is 36.0. The van der Waals surface area contributed by atoms with Crippen LogP contribution in [0.25, 0.3) is 0 Å². The molecule has 0 aliphatic rings. The third-order valence-electron chi connectivity index (χ3n) is 4.79. The molecule has 0 radical (unpaired) electrons. The van der Waals surface area contributed by atoms with Crippen LogP contribution < -0.4 is 20.1 Å². The molecule has 2 N–H and O–H groups in total. The number of halogens is 2. The summed E-state index contributed by atoms with van der Waals surface area (Å²) in [6.45, 7) is -0.429. The zero-order chi connectivity index (χ0) is 25.9. The number of nitrogens with one attached hydrogen (secondary N) is 2. The summed E-state index contributed by atoms with van der Waals surface area (Å²) in [7, 11) is 1.57. The van der Waals surface area contributed by atoms with Crippen molar-refractivity contribution >= 4 is 56.7 Å². The van der Waals surface area contributed by atoms with Crippen LogP contribution in [0.4, 0.5) is 11.4 Å². The van der Waals surface area contributed by atoms with E-state index in [-0.39, 0.29) is 25.2 Å². The minimum Gasteiger partial charge on any atom is -0.493 e. The summed E-state index contributed by atoms with van der Waals surface area (Å²) in [6, 6.07) is 19.1. The minimum atomic E-state index is -0.565. The normalized spacial score (nSPS) is 10.3. The molecule has 8 nitrogen and oxygen atoms in total. The molecule has 0 fully saturated rings.